The fraction of sp³-hybridized carbons (Fsp3) is 0.538. The Labute approximate surface area is 123 Å². The summed E-state index contributed by atoms with van der Waals surface area (Å²) in [6.45, 7) is 4.15. The molecule has 0 saturated heterocycles. The van der Waals surface area contributed by atoms with Gasteiger partial charge in [-0.1, -0.05) is 22.9 Å². The Morgan fingerprint density at radius 3 is 2.74 bits per heavy atom. The van der Waals surface area contributed by atoms with Gasteiger partial charge in [0.2, 0.25) is 0 Å². The van der Waals surface area contributed by atoms with Gasteiger partial charge in [0.1, 0.15) is 15.6 Å². The lowest BCUT2D eigenvalue weighted by atomic mass is 10.2. The van der Waals surface area contributed by atoms with E-state index in [2.05, 4.69) is 28.2 Å². The van der Waals surface area contributed by atoms with E-state index in [0.29, 0.717) is 13.0 Å². The van der Waals surface area contributed by atoms with Gasteiger partial charge in [0, 0.05) is 17.3 Å². The molecule has 0 saturated carbocycles. The normalized spacial score (nSPS) is 11.5. The molecule has 0 bridgehead atoms. The smallest absolute Gasteiger partial charge is 0.147 e. The second-order valence-electron chi connectivity index (χ2n) is 4.37. The molecule has 0 aliphatic carbocycles. The molecule has 0 fully saturated rings. The SMILES string of the molecule is CCNCc1cc(OCCCS(C)(=O)=O)ccc1Br. The Bertz CT molecular complexity index is 503. The number of ether oxygens (including phenoxy) is 1. The Morgan fingerprint density at radius 2 is 2.11 bits per heavy atom. The van der Waals surface area contributed by atoms with E-state index in [1.807, 2.05) is 18.2 Å². The second-order valence-corrected chi connectivity index (χ2v) is 7.48. The van der Waals surface area contributed by atoms with Crippen LogP contribution in [0.1, 0.15) is 18.9 Å². The lowest BCUT2D eigenvalue weighted by Gasteiger charge is -2.10. The molecule has 1 rings (SSSR count). The molecule has 0 radical (unpaired) electrons. The van der Waals surface area contributed by atoms with Gasteiger partial charge in [-0.25, -0.2) is 8.42 Å². The molecule has 0 spiro atoms. The van der Waals surface area contributed by atoms with Gasteiger partial charge in [0.15, 0.2) is 0 Å². The number of hydrogen-bond donors (Lipinski definition) is 1. The van der Waals surface area contributed by atoms with Crippen LogP contribution in [0.5, 0.6) is 5.75 Å². The van der Waals surface area contributed by atoms with E-state index in [-0.39, 0.29) is 5.75 Å². The van der Waals surface area contributed by atoms with Crippen LogP contribution in [0.3, 0.4) is 0 Å². The van der Waals surface area contributed by atoms with Crippen LogP contribution in [-0.4, -0.2) is 33.6 Å². The van der Waals surface area contributed by atoms with Gasteiger partial charge in [-0.3, -0.25) is 0 Å². The summed E-state index contributed by atoms with van der Waals surface area (Å²) in [5.74, 6) is 0.929. The predicted octanol–water partition coefficient (Wildman–Crippen LogP) is 2.37. The van der Waals surface area contributed by atoms with Crippen LogP contribution in [0.25, 0.3) is 0 Å². The van der Waals surface area contributed by atoms with Gasteiger partial charge in [0.05, 0.1) is 12.4 Å². The lowest BCUT2D eigenvalue weighted by Crippen LogP contribution is -2.12. The van der Waals surface area contributed by atoms with Crippen molar-refractivity contribution in [2.45, 2.75) is 19.9 Å². The van der Waals surface area contributed by atoms with Crippen molar-refractivity contribution in [3.05, 3.63) is 28.2 Å². The van der Waals surface area contributed by atoms with Crippen LogP contribution in [0.15, 0.2) is 22.7 Å². The van der Waals surface area contributed by atoms with Crippen molar-refractivity contribution in [3.63, 3.8) is 0 Å². The van der Waals surface area contributed by atoms with E-state index in [4.69, 9.17) is 4.74 Å². The summed E-state index contributed by atoms with van der Waals surface area (Å²) in [6.07, 6.45) is 1.75. The molecule has 1 aromatic carbocycles. The predicted molar refractivity (Wildman–Crippen MR) is 81.3 cm³/mol. The Morgan fingerprint density at radius 1 is 1.37 bits per heavy atom. The van der Waals surface area contributed by atoms with Crippen LogP contribution in [0.4, 0.5) is 0 Å². The third kappa shape index (κ3) is 6.94. The summed E-state index contributed by atoms with van der Waals surface area (Å²) in [5.41, 5.74) is 1.13. The monoisotopic (exact) mass is 349 g/mol. The number of rotatable bonds is 8. The zero-order valence-corrected chi connectivity index (χ0v) is 13.7. The maximum Gasteiger partial charge on any atom is 0.147 e. The minimum atomic E-state index is -2.90. The first-order valence-electron chi connectivity index (χ1n) is 6.22. The first kappa shape index (κ1) is 16.5. The first-order valence-corrected chi connectivity index (χ1v) is 9.07. The van der Waals surface area contributed by atoms with Gasteiger partial charge in [0.25, 0.3) is 0 Å². The summed E-state index contributed by atoms with van der Waals surface area (Å²) in [6, 6.07) is 5.78. The second kappa shape index (κ2) is 7.87. The summed E-state index contributed by atoms with van der Waals surface area (Å²) in [5, 5.41) is 3.25. The van der Waals surface area contributed by atoms with Crippen molar-refractivity contribution < 1.29 is 13.2 Å². The van der Waals surface area contributed by atoms with E-state index in [1.54, 1.807) is 0 Å². The molecule has 0 amide bonds. The Hall–Kier alpha value is -0.590. The molecular weight excluding hydrogens is 330 g/mol. The van der Waals surface area contributed by atoms with Crippen molar-refractivity contribution >= 4 is 25.8 Å². The van der Waals surface area contributed by atoms with Crippen LogP contribution in [0.2, 0.25) is 0 Å². The van der Waals surface area contributed by atoms with Crippen LogP contribution in [0, 0.1) is 0 Å². The number of sulfone groups is 1. The van der Waals surface area contributed by atoms with E-state index < -0.39 is 9.84 Å². The van der Waals surface area contributed by atoms with Gasteiger partial charge >= 0.3 is 0 Å². The van der Waals surface area contributed by atoms with Crippen molar-refractivity contribution in [1.29, 1.82) is 0 Å². The molecule has 0 aliphatic heterocycles. The first-order chi connectivity index (χ1) is 8.92. The van der Waals surface area contributed by atoms with Crippen LogP contribution in [-0.2, 0) is 16.4 Å². The van der Waals surface area contributed by atoms with Crippen molar-refractivity contribution in [1.82, 2.24) is 5.32 Å². The van der Waals surface area contributed by atoms with E-state index in [0.717, 1.165) is 28.9 Å². The van der Waals surface area contributed by atoms with E-state index >= 15 is 0 Å². The highest BCUT2D eigenvalue weighted by atomic mass is 79.9. The minimum Gasteiger partial charge on any atom is -0.494 e. The zero-order valence-electron chi connectivity index (χ0n) is 11.3. The van der Waals surface area contributed by atoms with Gasteiger partial charge < -0.3 is 10.1 Å². The summed E-state index contributed by atoms with van der Waals surface area (Å²) >= 11 is 3.49. The Balaban J connectivity index is 2.50. The van der Waals surface area contributed by atoms with Crippen molar-refractivity contribution in [2.24, 2.45) is 0 Å². The van der Waals surface area contributed by atoms with Gasteiger partial charge in [-0.15, -0.1) is 0 Å². The largest absolute Gasteiger partial charge is 0.494 e. The average Bonchev–Trinajstić information content (AvgIpc) is 2.33. The Kier molecular flexibility index (Phi) is 6.82. The maximum absolute atomic E-state index is 11.0. The molecule has 0 aliphatic rings. The number of benzene rings is 1. The van der Waals surface area contributed by atoms with Gasteiger partial charge in [-0.05, 0) is 36.7 Å². The molecule has 0 aromatic heterocycles. The lowest BCUT2D eigenvalue weighted by molar-refractivity contribution is 0.317. The third-order valence-corrected chi connectivity index (χ3v) is 4.31. The number of nitrogens with one attached hydrogen (secondary N) is 1. The fourth-order valence-electron chi connectivity index (χ4n) is 1.55. The molecule has 0 heterocycles. The summed E-state index contributed by atoms with van der Waals surface area (Å²) in [4.78, 5) is 0. The third-order valence-electron chi connectivity index (χ3n) is 2.51. The topological polar surface area (TPSA) is 55.4 Å². The fourth-order valence-corrected chi connectivity index (χ4v) is 2.58. The summed E-state index contributed by atoms with van der Waals surface area (Å²) in [7, 11) is -2.90. The molecule has 4 nitrogen and oxygen atoms in total. The highest BCUT2D eigenvalue weighted by Gasteiger charge is 2.04. The molecule has 0 unspecified atom stereocenters. The molecule has 6 heteroatoms. The van der Waals surface area contributed by atoms with E-state index in [1.165, 1.54) is 6.26 Å². The molecule has 1 aromatic rings. The number of halogens is 1. The summed E-state index contributed by atoms with van der Waals surface area (Å²) < 4.78 is 28.6. The minimum absolute atomic E-state index is 0.160. The van der Waals surface area contributed by atoms with Crippen LogP contribution >= 0.6 is 15.9 Å². The van der Waals surface area contributed by atoms with Gasteiger partial charge in [-0.2, -0.15) is 0 Å². The average molecular weight is 350 g/mol. The maximum atomic E-state index is 11.0. The quantitative estimate of drug-likeness (QED) is 0.732. The molecule has 108 valence electrons. The zero-order chi connectivity index (χ0) is 14.3. The van der Waals surface area contributed by atoms with Crippen molar-refractivity contribution in [3.8, 4) is 5.75 Å². The van der Waals surface area contributed by atoms with E-state index in [9.17, 15) is 8.42 Å². The molecule has 19 heavy (non-hydrogen) atoms. The number of hydrogen-bond acceptors (Lipinski definition) is 4. The molecule has 0 atom stereocenters. The standard InChI is InChI=1S/C13H20BrNO3S/c1-3-15-10-11-9-12(5-6-13(11)14)18-7-4-8-19(2,16)17/h5-6,9,15H,3-4,7-8,10H2,1-2H3. The van der Waals surface area contributed by atoms with Crippen LogP contribution < -0.4 is 10.1 Å². The molecule has 1 N–H and O–H groups in total. The highest BCUT2D eigenvalue weighted by molar-refractivity contribution is 9.10. The highest BCUT2D eigenvalue weighted by Crippen LogP contribution is 2.22. The van der Waals surface area contributed by atoms with Crippen molar-refractivity contribution in [2.75, 3.05) is 25.2 Å². The molecular formula is C13H20BrNO3S.